The minimum Gasteiger partial charge on any atom is -0.348 e. The number of rotatable bonds is 2. The number of carbonyl (C=O) groups excluding carboxylic acids is 1. The summed E-state index contributed by atoms with van der Waals surface area (Å²) in [5.74, 6) is 0.127. The Kier molecular flexibility index (Phi) is 3.13. The zero-order valence-electron chi connectivity index (χ0n) is 9.89. The summed E-state index contributed by atoms with van der Waals surface area (Å²) in [7, 11) is 0. The quantitative estimate of drug-likeness (QED) is 0.699. The molecule has 1 aromatic rings. The highest BCUT2D eigenvalue weighted by molar-refractivity contribution is 5.87. The third kappa shape index (κ3) is 1.90. The molecule has 0 saturated heterocycles. The predicted octanol–water partition coefficient (Wildman–Crippen LogP) is 2.36. The molecule has 0 aromatic carbocycles. The average Bonchev–Trinajstić information content (AvgIpc) is 2.75. The van der Waals surface area contributed by atoms with E-state index in [1.165, 1.54) is 5.69 Å². The van der Waals surface area contributed by atoms with Gasteiger partial charge in [0.05, 0.1) is 6.04 Å². The summed E-state index contributed by atoms with van der Waals surface area (Å²) in [5.41, 5.74) is 1.23. The van der Waals surface area contributed by atoms with Gasteiger partial charge in [0.25, 0.3) is 0 Å². The summed E-state index contributed by atoms with van der Waals surface area (Å²) in [6, 6.07) is 4.31. The van der Waals surface area contributed by atoms with Crippen LogP contribution in [-0.4, -0.2) is 21.9 Å². The van der Waals surface area contributed by atoms with Gasteiger partial charge >= 0.3 is 0 Å². The minimum absolute atomic E-state index is 0.127. The van der Waals surface area contributed by atoms with Crippen LogP contribution in [0.5, 0.6) is 0 Å². The predicted molar refractivity (Wildman–Crippen MR) is 64.0 cm³/mol. The summed E-state index contributed by atoms with van der Waals surface area (Å²) in [6.45, 7) is 5.82. The van der Waals surface area contributed by atoms with E-state index in [1.807, 2.05) is 24.0 Å². The molecule has 1 aromatic heterocycles. The largest absolute Gasteiger partial charge is 0.348 e. The molecule has 0 bridgehead atoms. The molecule has 1 aliphatic rings. The highest BCUT2D eigenvalue weighted by atomic mass is 16.2. The Morgan fingerprint density at radius 3 is 3.12 bits per heavy atom. The van der Waals surface area contributed by atoms with E-state index in [9.17, 15) is 4.79 Å². The van der Waals surface area contributed by atoms with E-state index < -0.39 is 0 Å². The number of hydrogen-bond acceptors (Lipinski definition) is 1. The number of nitrogens with zero attached hydrogens (tertiary/aromatic N) is 2. The molecule has 86 valence electrons. The fourth-order valence-electron chi connectivity index (χ4n) is 2.19. The van der Waals surface area contributed by atoms with Gasteiger partial charge in [0, 0.05) is 25.0 Å². The molecule has 2 heterocycles. The van der Waals surface area contributed by atoms with Gasteiger partial charge in [-0.1, -0.05) is 13.0 Å². The van der Waals surface area contributed by atoms with Gasteiger partial charge in [0.15, 0.2) is 0 Å². The lowest BCUT2D eigenvalue weighted by molar-refractivity contribution is -0.129. The Morgan fingerprint density at radius 2 is 2.38 bits per heavy atom. The standard InChI is InChI=1S/C13H18N2O/c1-3-4-7-13(16)15-10-9-14-8-5-6-12(14)11(15)2/h4-8,11H,3,9-10H2,1-2H3/b7-4-/t11-/m1/s1. The van der Waals surface area contributed by atoms with Gasteiger partial charge < -0.3 is 9.47 Å². The molecule has 0 fully saturated rings. The lowest BCUT2D eigenvalue weighted by Crippen LogP contribution is -2.39. The fraction of sp³-hybridized carbons (Fsp3) is 0.462. The summed E-state index contributed by atoms with van der Waals surface area (Å²) in [4.78, 5) is 13.9. The van der Waals surface area contributed by atoms with E-state index in [0.29, 0.717) is 0 Å². The second-order valence-electron chi connectivity index (χ2n) is 4.14. The second kappa shape index (κ2) is 4.56. The third-order valence-electron chi connectivity index (χ3n) is 3.12. The van der Waals surface area contributed by atoms with Crippen molar-refractivity contribution in [2.45, 2.75) is 32.9 Å². The highest BCUT2D eigenvalue weighted by Gasteiger charge is 2.25. The van der Waals surface area contributed by atoms with Gasteiger partial charge in [-0.05, 0) is 31.6 Å². The van der Waals surface area contributed by atoms with Crippen LogP contribution in [0.4, 0.5) is 0 Å². The van der Waals surface area contributed by atoms with Gasteiger partial charge in [-0.3, -0.25) is 4.79 Å². The maximum atomic E-state index is 11.9. The van der Waals surface area contributed by atoms with E-state index >= 15 is 0 Å². The maximum absolute atomic E-state index is 11.9. The van der Waals surface area contributed by atoms with Crippen molar-refractivity contribution in [2.75, 3.05) is 6.54 Å². The summed E-state index contributed by atoms with van der Waals surface area (Å²) >= 11 is 0. The maximum Gasteiger partial charge on any atom is 0.246 e. The summed E-state index contributed by atoms with van der Waals surface area (Å²) in [5, 5.41) is 0. The van der Waals surface area contributed by atoms with Crippen molar-refractivity contribution in [3.05, 3.63) is 36.2 Å². The first-order valence-corrected chi connectivity index (χ1v) is 5.86. The number of fused-ring (bicyclic) bond motifs is 1. The first kappa shape index (κ1) is 11.0. The molecule has 2 rings (SSSR count). The van der Waals surface area contributed by atoms with E-state index in [-0.39, 0.29) is 11.9 Å². The minimum atomic E-state index is 0.127. The third-order valence-corrected chi connectivity index (χ3v) is 3.12. The lowest BCUT2D eigenvalue weighted by Gasteiger charge is -2.34. The SMILES string of the molecule is CC/C=C\C(=O)N1CCn2cccc2[C@H]1C. The van der Waals surface area contributed by atoms with Gasteiger partial charge in [0.2, 0.25) is 5.91 Å². The van der Waals surface area contributed by atoms with Crippen LogP contribution in [-0.2, 0) is 11.3 Å². The van der Waals surface area contributed by atoms with Crippen molar-refractivity contribution in [1.82, 2.24) is 9.47 Å². The number of hydrogen-bond donors (Lipinski definition) is 0. The summed E-state index contributed by atoms with van der Waals surface area (Å²) < 4.78 is 2.22. The normalized spacial score (nSPS) is 20.1. The zero-order valence-corrected chi connectivity index (χ0v) is 9.89. The number of allylic oxidation sites excluding steroid dienone is 1. The number of carbonyl (C=O) groups is 1. The Bertz CT molecular complexity index is 406. The van der Waals surface area contributed by atoms with Crippen LogP contribution in [0.15, 0.2) is 30.5 Å². The van der Waals surface area contributed by atoms with Crippen molar-refractivity contribution in [3.63, 3.8) is 0 Å². The van der Waals surface area contributed by atoms with Crippen LogP contribution in [0, 0.1) is 0 Å². The molecular formula is C13H18N2O. The van der Waals surface area contributed by atoms with Gasteiger partial charge in [0.1, 0.15) is 0 Å². The van der Waals surface area contributed by atoms with E-state index in [1.54, 1.807) is 6.08 Å². The van der Waals surface area contributed by atoms with Crippen LogP contribution >= 0.6 is 0 Å². The molecule has 1 aliphatic heterocycles. The number of aromatic nitrogens is 1. The molecule has 0 spiro atoms. The second-order valence-corrected chi connectivity index (χ2v) is 4.14. The van der Waals surface area contributed by atoms with Crippen molar-refractivity contribution in [2.24, 2.45) is 0 Å². The van der Waals surface area contributed by atoms with Crippen LogP contribution in [0.3, 0.4) is 0 Å². The monoisotopic (exact) mass is 218 g/mol. The Balaban J connectivity index is 2.15. The molecule has 0 saturated carbocycles. The first-order chi connectivity index (χ1) is 7.74. The van der Waals surface area contributed by atoms with Gasteiger partial charge in [-0.15, -0.1) is 0 Å². The smallest absolute Gasteiger partial charge is 0.246 e. The molecule has 3 nitrogen and oxygen atoms in total. The molecule has 0 N–H and O–H groups in total. The van der Waals surface area contributed by atoms with Gasteiger partial charge in [-0.2, -0.15) is 0 Å². The zero-order chi connectivity index (χ0) is 11.5. The molecule has 3 heteroatoms. The van der Waals surface area contributed by atoms with Crippen LogP contribution in [0.2, 0.25) is 0 Å². The first-order valence-electron chi connectivity index (χ1n) is 5.86. The molecule has 0 unspecified atom stereocenters. The van der Waals surface area contributed by atoms with E-state index in [2.05, 4.69) is 23.8 Å². The molecule has 1 atom stereocenters. The lowest BCUT2D eigenvalue weighted by atomic mass is 10.1. The van der Waals surface area contributed by atoms with Crippen molar-refractivity contribution < 1.29 is 4.79 Å². The molecule has 0 radical (unpaired) electrons. The van der Waals surface area contributed by atoms with Crippen molar-refractivity contribution >= 4 is 5.91 Å². The number of amides is 1. The van der Waals surface area contributed by atoms with Crippen molar-refractivity contribution in [3.8, 4) is 0 Å². The van der Waals surface area contributed by atoms with E-state index in [4.69, 9.17) is 0 Å². The molecule has 16 heavy (non-hydrogen) atoms. The topological polar surface area (TPSA) is 25.2 Å². The summed E-state index contributed by atoms with van der Waals surface area (Å²) in [6.07, 6.45) is 6.59. The Hall–Kier alpha value is -1.51. The van der Waals surface area contributed by atoms with Crippen LogP contribution in [0.1, 0.15) is 32.0 Å². The fourth-order valence-corrected chi connectivity index (χ4v) is 2.19. The highest BCUT2D eigenvalue weighted by Crippen LogP contribution is 2.25. The van der Waals surface area contributed by atoms with Gasteiger partial charge in [-0.25, -0.2) is 0 Å². The Labute approximate surface area is 96.4 Å². The van der Waals surface area contributed by atoms with Crippen LogP contribution in [0.25, 0.3) is 0 Å². The average molecular weight is 218 g/mol. The molecule has 1 amide bonds. The molecule has 0 aliphatic carbocycles. The van der Waals surface area contributed by atoms with Crippen LogP contribution < -0.4 is 0 Å². The van der Waals surface area contributed by atoms with Crippen molar-refractivity contribution in [1.29, 1.82) is 0 Å². The van der Waals surface area contributed by atoms with E-state index in [0.717, 1.165) is 19.5 Å². The Morgan fingerprint density at radius 1 is 1.56 bits per heavy atom. The molecular weight excluding hydrogens is 200 g/mol.